The average molecular weight is 307 g/mol. The quantitative estimate of drug-likeness (QED) is 0.906. The molecule has 1 aromatic heterocycles. The molecule has 0 aliphatic rings. The van der Waals surface area contributed by atoms with E-state index in [2.05, 4.69) is 10.3 Å². The van der Waals surface area contributed by atoms with E-state index in [-0.39, 0.29) is 16.9 Å². The third kappa shape index (κ3) is 3.29. The number of nitrogens with zero attached hydrogens (tertiary/aromatic N) is 1. The number of pyridine rings is 1. The third-order valence-corrected chi connectivity index (χ3v) is 2.90. The van der Waals surface area contributed by atoms with Crippen LogP contribution in [0.25, 0.3) is 0 Å². The van der Waals surface area contributed by atoms with Crippen LogP contribution < -0.4 is 10.1 Å². The van der Waals surface area contributed by atoms with Crippen molar-refractivity contribution in [1.29, 1.82) is 0 Å². The Bertz CT molecular complexity index is 703. The number of anilines is 1. The van der Waals surface area contributed by atoms with Crippen LogP contribution in [0.3, 0.4) is 0 Å². The number of aromatic nitrogens is 1. The molecule has 1 aromatic carbocycles. The van der Waals surface area contributed by atoms with Gasteiger partial charge in [0.15, 0.2) is 5.69 Å². The van der Waals surface area contributed by atoms with Gasteiger partial charge in [0.25, 0.3) is 5.91 Å². The van der Waals surface area contributed by atoms with E-state index in [4.69, 9.17) is 21.4 Å². The predicted octanol–water partition coefficient (Wildman–Crippen LogP) is 2.69. The number of benzene rings is 1. The van der Waals surface area contributed by atoms with Crippen LogP contribution in [0.2, 0.25) is 5.02 Å². The number of nitrogens with one attached hydrogen (secondary N) is 1. The maximum absolute atomic E-state index is 12.2. The number of hydrogen-bond acceptors (Lipinski definition) is 4. The molecular formula is C14H11ClN2O4. The third-order valence-electron chi connectivity index (χ3n) is 2.67. The van der Waals surface area contributed by atoms with Gasteiger partial charge in [-0.3, -0.25) is 4.79 Å². The summed E-state index contributed by atoms with van der Waals surface area (Å²) in [4.78, 5) is 27.0. The van der Waals surface area contributed by atoms with Gasteiger partial charge in [0.2, 0.25) is 0 Å². The zero-order valence-corrected chi connectivity index (χ0v) is 11.7. The van der Waals surface area contributed by atoms with Crippen molar-refractivity contribution in [2.24, 2.45) is 0 Å². The van der Waals surface area contributed by atoms with Crippen molar-refractivity contribution in [2.75, 3.05) is 12.4 Å². The summed E-state index contributed by atoms with van der Waals surface area (Å²) < 4.78 is 5.09. The molecule has 0 spiro atoms. The number of hydrogen-bond donors (Lipinski definition) is 2. The molecule has 0 bridgehead atoms. The predicted molar refractivity (Wildman–Crippen MR) is 77.2 cm³/mol. The summed E-state index contributed by atoms with van der Waals surface area (Å²) in [6.45, 7) is 0. The Labute approximate surface area is 125 Å². The van der Waals surface area contributed by atoms with Crippen LogP contribution in [0.15, 0.2) is 36.5 Å². The molecule has 0 atom stereocenters. The number of carbonyl (C=O) groups is 2. The van der Waals surface area contributed by atoms with E-state index in [1.807, 2.05) is 0 Å². The van der Waals surface area contributed by atoms with E-state index < -0.39 is 11.9 Å². The standard InChI is InChI=1S/C14H11ClN2O4/c1-21-11-7-8(15)4-5-9(11)13(18)17-10-3-2-6-16-12(10)14(19)20/h2-7H,1H3,(H,17,18)(H,19,20). The molecule has 0 radical (unpaired) electrons. The minimum atomic E-state index is -1.23. The highest BCUT2D eigenvalue weighted by Crippen LogP contribution is 2.24. The van der Waals surface area contributed by atoms with Gasteiger partial charge < -0.3 is 15.2 Å². The summed E-state index contributed by atoms with van der Waals surface area (Å²) in [5, 5.41) is 12.0. The van der Waals surface area contributed by atoms with Crippen LogP contribution in [0.5, 0.6) is 5.75 Å². The molecular weight excluding hydrogens is 296 g/mol. The molecule has 2 N–H and O–H groups in total. The van der Waals surface area contributed by atoms with E-state index in [9.17, 15) is 9.59 Å². The lowest BCUT2D eigenvalue weighted by Crippen LogP contribution is -2.16. The summed E-state index contributed by atoms with van der Waals surface area (Å²) in [5.41, 5.74) is 0.105. The molecule has 21 heavy (non-hydrogen) atoms. The summed E-state index contributed by atoms with van der Waals surface area (Å²) in [6, 6.07) is 7.52. The van der Waals surface area contributed by atoms with Gasteiger partial charge in [0, 0.05) is 11.2 Å². The van der Waals surface area contributed by atoms with E-state index >= 15 is 0 Å². The Hall–Kier alpha value is -2.60. The second kappa shape index (κ2) is 6.23. The first-order valence-electron chi connectivity index (χ1n) is 5.86. The number of methoxy groups -OCH3 is 1. The first kappa shape index (κ1) is 14.8. The van der Waals surface area contributed by atoms with Crippen LogP contribution in [0.1, 0.15) is 20.8 Å². The highest BCUT2D eigenvalue weighted by Gasteiger charge is 2.17. The second-order valence-corrected chi connectivity index (χ2v) is 4.44. The lowest BCUT2D eigenvalue weighted by atomic mass is 10.1. The van der Waals surface area contributed by atoms with Gasteiger partial charge in [0.1, 0.15) is 5.75 Å². The number of rotatable bonds is 4. The van der Waals surface area contributed by atoms with Gasteiger partial charge in [-0.05, 0) is 30.3 Å². The number of aromatic carboxylic acids is 1. The molecule has 2 rings (SSSR count). The summed E-state index contributed by atoms with van der Waals surface area (Å²) in [6.07, 6.45) is 1.34. The van der Waals surface area contributed by atoms with Crippen LogP contribution in [0.4, 0.5) is 5.69 Å². The van der Waals surface area contributed by atoms with Crippen molar-refractivity contribution in [3.05, 3.63) is 52.8 Å². The Morgan fingerprint density at radius 1 is 1.33 bits per heavy atom. The molecule has 0 aliphatic carbocycles. The molecule has 6 nitrogen and oxygen atoms in total. The maximum atomic E-state index is 12.2. The largest absolute Gasteiger partial charge is 0.496 e. The van der Waals surface area contributed by atoms with Crippen LogP contribution in [0, 0.1) is 0 Å². The van der Waals surface area contributed by atoms with Gasteiger partial charge in [-0.15, -0.1) is 0 Å². The maximum Gasteiger partial charge on any atom is 0.356 e. The lowest BCUT2D eigenvalue weighted by Gasteiger charge is -2.10. The Morgan fingerprint density at radius 3 is 2.76 bits per heavy atom. The number of halogens is 1. The molecule has 0 aliphatic heterocycles. The topological polar surface area (TPSA) is 88.5 Å². The van der Waals surface area contributed by atoms with E-state index in [1.54, 1.807) is 6.07 Å². The summed E-state index contributed by atoms with van der Waals surface area (Å²) >= 11 is 5.83. The Kier molecular flexibility index (Phi) is 4.39. The fraction of sp³-hybridized carbons (Fsp3) is 0.0714. The fourth-order valence-corrected chi connectivity index (χ4v) is 1.88. The number of carbonyl (C=O) groups excluding carboxylic acids is 1. The van der Waals surface area contributed by atoms with E-state index in [0.717, 1.165) is 0 Å². The zero-order valence-electron chi connectivity index (χ0n) is 11.0. The van der Waals surface area contributed by atoms with Gasteiger partial charge >= 0.3 is 5.97 Å². The number of carboxylic acid groups (broad SMARTS) is 1. The van der Waals surface area contributed by atoms with E-state index in [1.165, 1.54) is 37.6 Å². The summed E-state index contributed by atoms with van der Waals surface area (Å²) in [5.74, 6) is -1.45. The SMILES string of the molecule is COc1cc(Cl)ccc1C(=O)Nc1cccnc1C(=O)O. The normalized spacial score (nSPS) is 10.0. The minimum Gasteiger partial charge on any atom is -0.496 e. The average Bonchev–Trinajstić information content (AvgIpc) is 2.47. The van der Waals surface area contributed by atoms with Crippen molar-refractivity contribution in [3.63, 3.8) is 0 Å². The van der Waals surface area contributed by atoms with Gasteiger partial charge in [0.05, 0.1) is 18.4 Å². The molecule has 1 amide bonds. The first-order chi connectivity index (χ1) is 10.0. The molecule has 2 aromatic rings. The van der Waals surface area contributed by atoms with Crippen LogP contribution >= 0.6 is 11.6 Å². The van der Waals surface area contributed by atoms with Crippen molar-refractivity contribution in [1.82, 2.24) is 4.98 Å². The number of carboxylic acids is 1. The second-order valence-electron chi connectivity index (χ2n) is 4.00. The van der Waals surface area contributed by atoms with Crippen molar-refractivity contribution < 1.29 is 19.4 Å². The van der Waals surface area contributed by atoms with Gasteiger partial charge in [-0.25, -0.2) is 9.78 Å². The molecule has 0 fully saturated rings. The smallest absolute Gasteiger partial charge is 0.356 e. The summed E-state index contributed by atoms with van der Waals surface area (Å²) in [7, 11) is 1.41. The fourth-order valence-electron chi connectivity index (χ4n) is 1.72. The Balaban J connectivity index is 2.33. The lowest BCUT2D eigenvalue weighted by molar-refractivity contribution is 0.0692. The Morgan fingerprint density at radius 2 is 2.10 bits per heavy atom. The number of ether oxygens (including phenoxy) is 1. The zero-order chi connectivity index (χ0) is 15.4. The van der Waals surface area contributed by atoms with E-state index in [0.29, 0.717) is 10.8 Å². The van der Waals surface area contributed by atoms with Gasteiger partial charge in [-0.2, -0.15) is 0 Å². The van der Waals surface area contributed by atoms with Crippen LogP contribution in [-0.4, -0.2) is 29.1 Å². The highest BCUT2D eigenvalue weighted by molar-refractivity contribution is 6.31. The van der Waals surface area contributed by atoms with Crippen LogP contribution in [-0.2, 0) is 0 Å². The van der Waals surface area contributed by atoms with Crippen molar-refractivity contribution in [2.45, 2.75) is 0 Å². The minimum absolute atomic E-state index is 0.104. The molecule has 0 saturated heterocycles. The molecule has 0 unspecified atom stereocenters. The van der Waals surface area contributed by atoms with Crippen molar-refractivity contribution in [3.8, 4) is 5.75 Å². The first-order valence-corrected chi connectivity index (χ1v) is 6.24. The monoisotopic (exact) mass is 306 g/mol. The highest BCUT2D eigenvalue weighted by atomic mass is 35.5. The van der Waals surface area contributed by atoms with Gasteiger partial charge in [-0.1, -0.05) is 11.6 Å². The molecule has 7 heteroatoms. The molecule has 108 valence electrons. The molecule has 0 saturated carbocycles. The molecule has 1 heterocycles. The number of amides is 1. The van der Waals surface area contributed by atoms with Crippen molar-refractivity contribution >= 4 is 29.2 Å².